The number of nitrogens with zero attached hydrogens (tertiary/aromatic N) is 2. The molecule has 1 amide bonds. The van der Waals surface area contributed by atoms with Crippen molar-refractivity contribution >= 4 is 28.6 Å². The first-order valence-corrected chi connectivity index (χ1v) is 10.7. The van der Waals surface area contributed by atoms with E-state index in [1.807, 2.05) is 31.3 Å². The molecule has 0 bridgehead atoms. The zero-order chi connectivity index (χ0) is 23.4. The fraction of sp³-hybridized carbons (Fsp3) is 0.348. The van der Waals surface area contributed by atoms with E-state index in [1.165, 1.54) is 18.2 Å². The van der Waals surface area contributed by atoms with Gasteiger partial charge in [-0.15, -0.1) is 13.2 Å². The number of amides is 1. The van der Waals surface area contributed by atoms with Crippen LogP contribution < -0.4 is 20.7 Å². The first-order chi connectivity index (χ1) is 15.8. The molecule has 1 heterocycles. The molecular weight excluding hydrogens is 435 g/mol. The molecule has 0 aliphatic heterocycles. The maximum Gasteiger partial charge on any atom is 0.573 e. The number of carbonyl (C=O) groups is 1. The molecule has 10 heteroatoms. The first kappa shape index (κ1) is 22.6. The van der Waals surface area contributed by atoms with Crippen LogP contribution in [0, 0.1) is 0 Å². The van der Waals surface area contributed by atoms with Gasteiger partial charge in [0.25, 0.3) is 5.91 Å². The number of halogens is 3. The lowest BCUT2D eigenvalue weighted by Crippen LogP contribution is -2.40. The van der Waals surface area contributed by atoms with Crippen LogP contribution in [0.5, 0.6) is 5.75 Å². The van der Waals surface area contributed by atoms with E-state index in [9.17, 15) is 18.0 Å². The van der Waals surface area contributed by atoms with E-state index >= 15 is 0 Å². The number of para-hydroxylation sites is 2. The highest BCUT2D eigenvalue weighted by Crippen LogP contribution is 2.28. The van der Waals surface area contributed by atoms with E-state index in [-0.39, 0.29) is 17.6 Å². The summed E-state index contributed by atoms with van der Waals surface area (Å²) in [4.78, 5) is 21.7. The predicted molar refractivity (Wildman–Crippen MR) is 119 cm³/mol. The minimum Gasteiger partial charge on any atom is -0.405 e. The van der Waals surface area contributed by atoms with Gasteiger partial charge in [-0.2, -0.15) is 4.98 Å². The predicted octanol–water partition coefficient (Wildman–Crippen LogP) is 4.72. The normalized spacial score (nSPS) is 18.5. The molecule has 1 aliphatic carbocycles. The summed E-state index contributed by atoms with van der Waals surface area (Å²) in [6, 6.07) is 13.1. The molecule has 1 fully saturated rings. The number of hydrogen-bond acceptors (Lipinski definition) is 6. The number of anilines is 2. The molecule has 33 heavy (non-hydrogen) atoms. The summed E-state index contributed by atoms with van der Waals surface area (Å²) >= 11 is 0. The third kappa shape index (κ3) is 5.63. The van der Waals surface area contributed by atoms with Crippen molar-refractivity contribution in [3.05, 3.63) is 54.1 Å². The van der Waals surface area contributed by atoms with Gasteiger partial charge in [-0.25, -0.2) is 4.98 Å². The summed E-state index contributed by atoms with van der Waals surface area (Å²) in [5, 5.41) is 10.2. The van der Waals surface area contributed by atoms with Gasteiger partial charge in [0.2, 0.25) is 5.95 Å². The summed E-state index contributed by atoms with van der Waals surface area (Å²) in [5.74, 6) is 0.182. The third-order valence-corrected chi connectivity index (χ3v) is 5.59. The van der Waals surface area contributed by atoms with Crippen molar-refractivity contribution in [2.24, 2.45) is 0 Å². The Kier molecular flexibility index (Phi) is 6.52. The molecule has 0 spiro atoms. The lowest BCUT2D eigenvalue weighted by atomic mass is 9.91. The summed E-state index contributed by atoms with van der Waals surface area (Å²) < 4.78 is 41.9. The standard InChI is InChI=1S/C23H24F3N5O2/c1-27-20-16-6-2-4-8-18(16)30-22(31-20)29-15-12-10-14(11-13-15)28-21(32)17-7-3-5-9-19(17)33-23(24,25)26/h2-9,14-15H,10-13H2,1H3,(H,28,32)(H2,27,29,30,31)/t14-,15+. The van der Waals surface area contributed by atoms with Crippen LogP contribution in [0.1, 0.15) is 36.0 Å². The van der Waals surface area contributed by atoms with E-state index in [0.29, 0.717) is 18.8 Å². The Morgan fingerprint density at radius 3 is 2.36 bits per heavy atom. The molecule has 174 valence electrons. The average Bonchev–Trinajstić information content (AvgIpc) is 2.79. The third-order valence-electron chi connectivity index (χ3n) is 5.59. The lowest BCUT2D eigenvalue weighted by molar-refractivity contribution is -0.274. The fourth-order valence-electron chi connectivity index (χ4n) is 4.03. The van der Waals surface area contributed by atoms with E-state index in [1.54, 1.807) is 0 Å². The molecule has 0 radical (unpaired) electrons. The fourth-order valence-corrected chi connectivity index (χ4v) is 4.03. The number of carbonyl (C=O) groups excluding carboxylic acids is 1. The van der Waals surface area contributed by atoms with E-state index in [4.69, 9.17) is 0 Å². The monoisotopic (exact) mass is 459 g/mol. The van der Waals surface area contributed by atoms with Gasteiger partial charge >= 0.3 is 6.36 Å². The molecule has 2 aromatic carbocycles. The van der Waals surface area contributed by atoms with Crippen LogP contribution in [-0.2, 0) is 0 Å². The SMILES string of the molecule is CNc1nc(N[C@H]2CC[C@@H](NC(=O)c3ccccc3OC(F)(F)F)CC2)nc2ccccc12. The number of aromatic nitrogens is 2. The largest absolute Gasteiger partial charge is 0.573 e. The molecule has 7 nitrogen and oxygen atoms in total. The van der Waals surface area contributed by atoms with Crippen LogP contribution in [0.15, 0.2) is 48.5 Å². The molecule has 1 aliphatic rings. The molecule has 3 aromatic rings. The molecular formula is C23H24F3N5O2. The summed E-state index contributed by atoms with van der Waals surface area (Å²) in [6.07, 6.45) is -1.98. The second-order valence-corrected chi connectivity index (χ2v) is 7.87. The minimum atomic E-state index is -4.86. The molecule has 3 N–H and O–H groups in total. The number of hydrogen-bond donors (Lipinski definition) is 3. The van der Waals surface area contributed by atoms with Crippen LogP contribution >= 0.6 is 0 Å². The smallest absolute Gasteiger partial charge is 0.405 e. The van der Waals surface area contributed by atoms with Crippen molar-refractivity contribution in [2.45, 2.75) is 44.1 Å². The van der Waals surface area contributed by atoms with Crippen LogP contribution in [0.2, 0.25) is 0 Å². The molecule has 4 rings (SSSR count). The van der Waals surface area contributed by atoms with Crippen LogP contribution in [0.3, 0.4) is 0 Å². The van der Waals surface area contributed by atoms with Crippen molar-refractivity contribution in [1.29, 1.82) is 0 Å². The Morgan fingerprint density at radius 1 is 0.970 bits per heavy atom. The van der Waals surface area contributed by atoms with Crippen molar-refractivity contribution in [3.8, 4) is 5.75 Å². The number of alkyl halides is 3. The molecule has 1 saturated carbocycles. The van der Waals surface area contributed by atoms with Crippen molar-refractivity contribution in [2.75, 3.05) is 17.7 Å². The lowest BCUT2D eigenvalue weighted by Gasteiger charge is -2.30. The molecule has 0 unspecified atom stereocenters. The number of benzene rings is 2. The van der Waals surface area contributed by atoms with E-state index in [0.717, 1.165) is 35.6 Å². The van der Waals surface area contributed by atoms with Gasteiger partial charge in [-0.1, -0.05) is 24.3 Å². The van der Waals surface area contributed by atoms with Gasteiger partial charge in [0.15, 0.2) is 0 Å². The number of ether oxygens (including phenoxy) is 1. The van der Waals surface area contributed by atoms with Crippen LogP contribution in [0.25, 0.3) is 10.9 Å². The van der Waals surface area contributed by atoms with Gasteiger partial charge in [0, 0.05) is 24.5 Å². The topological polar surface area (TPSA) is 88.2 Å². The molecule has 0 atom stereocenters. The first-order valence-electron chi connectivity index (χ1n) is 10.7. The van der Waals surface area contributed by atoms with Gasteiger partial charge < -0.3 is 20.7 Å². The number of rotatable bonds is 6. The Morgan fingerprint density at radius 2 is 1.64 bits per heavy atom. The van der Waals surface area contributed by atoms with Crippen LogP contribution in [0.4, 0.5) is 24.9 Å². The highest BCUT2D eigenvalue weighted by Gasteiger charge is 2.33. The number of fused-ring (bicyclic) bond motifs is 1. The maximum absolute atomic E-state index is 12.6. The molecule has 0 saturated heterocycles. The highest BCUT2D eigenvalue weighted by molar-refractivity contribution is 5.97. The van der Waals surface area contributed by atoms with E-state index < -0.39 is 18.0 Å². The Balaban J connectivity index is 1.35. The van der Waals surface area contributed by atoms with Gasteiger partial charge in [0.05, 0.1) is 11.1 Å². The highest BCUT2D eigenvalue weighted by atomic mass is 19.4. The second kappa shape index (κ2) is 9.51. The van der Waals surface area contributed by atoms with E-state index in [2.05, 4.69) is 30.7 Å². The van der Waals surface area contributed by atoms with Crippen molar-refractivity contribution in [3.63, 3.8) is 0 Å². The Labute approximate surface area is 188 Å². The van der Waals surface area contributed by atoms with Gasteiger partial charge in [0.1, 0.15) is 11.6 Å². The van der Waals surface area contributed by atoms with Crippen molar-refractivity contribution in [1.82, 2.24) is 15.3 Å². The summed E-state index contributed by atoms with van der Waals surface area (Å²) in [7, 11) is 1.81. The zero-order valence-electron chi connectivity index (χ0n) is 17.9. The quantitative estimate of drug-likeness (QED) is 0.494. The van der Waals surface area contributed by atoms with Crippen molar-refractivity contribution < 1.29 is 22.7 Å². The Bertz CT molecular complexity index is 1130. The second-order valence-electron chi connectivity index (χ2n) is 7.87. The van der Waals surface area contributed by atoms with Crippen LogP contribution in [-0.4, -0.2) is 41.4 Å². The summed E-state index contributed by atoms with van der Waals surface area (Å²) in [6.45, 7) is 0. The number of nitrogens with one attached hydrogen (secondary N) is 3. The maximum atomic E-state index is 12.6. The average molecular weight is 459 g/mol. The van der Waals surface area contributed by atoms with Gasteiger partial charge in [-0.05, 0) is 49.9 Å². The summed E-state index contributed by atoms with van der Waals surface area (Å²) in [5.41, 5.74) is 0.694. The Hall–Kier alpha value is -3.56. The minimum absolute atomic E-state index is 0.130. The van der Waals surface area contributed by atoms with Gasteiger partial charge in [-0.3, -0.25) is 4.79 Å². The zero-order valence-corrected chi connectivity index (χ0v) is 17.9. The molecule has 1 aromatic heterocycles.